The van der Waals surface area contributed by atoms with Gasteiger partial charge in [-0.25, -0.2) is 0 Å². The van der Waals surface area contributed by atoms with E-state index < -0.39 is 0 Å². The van der Waals surface area contributed by atoms with Crippen LogP contribution >= 0.6 is 11.6 Å². The van der Waals surface area contributed by atoms with Crippen LogP contribution in [0.4, 0.5) is 0 Å². The molecule has 5 heteroatoms. The predicted octanol–water partition coefficient (Wildman–Crippen LogP) is 1.71. The maximum absolute atomic E-state index is 9.85. The molecule has 1 aliphatic heterocycles. The first-order valence-corrected chi connectivity index (χ1v) is 5.62. The minimum absolute atomic E-state index is 0.0383. The van der Waals surface area contributed by atoms with Gasteiger partial charge in [0.2, 0.25) is 0 Å². The van der Waals surface area contributed by atoms with E-state index in [2.05, 4.69) is 0 Å². The number of rotatable bonds is 2. The first kappa shape index (κ1) is 11.4. The van der Waals surface area contributed by atoms with Gasteiger partial charge in [-0.2, -0.15) is 0 Å². The number of benzene rings is 1. The van der Waals surface area contributed by atoms with Crippen molar-refractivity contribution in [3.8, 4) is 17.2 Å². The summed E-state index contributed by atoms with van der Waals surface area (Å²) in [5, 5.41) is 10.1. The van der Waals surface area contributed by atoms with Crippen molar-refractivity contribution in [2.75, 3.05) is 19.8 Å². The average molecular weight is 244 g/mol. The molecule has 0 saturated heterocycles. The summed E-state index contributed by atoms with van der Waals surface area (Å²) in [6.45, 7) is 1.59. The van der Waals surface area contributed by atoms with Crippen LogP contribution in [-0.2, 0) is 6.42 Å². The highest BCUT2D eigenvalue weighted by molar-refractivity contribution is 6.32. The number of nitrogens with two attached hydrogens (primary N) is 1. The first-order valence-electron chi connectivity index (χ1n) is 5.24. The highest BCUT2D eigenvalue weighted by Gasteiger charge is 2.20. The summed E-state index contributed by atoms with van der Waals surface area (Å²) in [7, 11) is 0. The van der Waals surface area contributed by atoms with E-state index in [0.29, 0.717) is 43.2 Å². The van der Waals surface area contributed by atoms with Gasteiger partial charge in [-0.05, 0) is 13.0 Å². The molecule has 16 heavy (non-hydrogen) atoms. The molecule has 0 saturated carbocycles. The standard InChI is InChI=1S/C11H14ClNO3/c12-8-6-9-11(16-5-1-4-15-9)7(2-3-13)10(8)14/h6,14H,1-5,13H2. The lowest BCUT2D eigenvalue weighted by atomic mass is 10.1. The average Bonchev–Trinajstić information content (AvgIpc) is 2.50. The zero-order chi connectivity index (χ0) is 11.5. The summed E-state index contributed by atoms with van der Waals surface area (Å²) in [5.41, 5.74) is 6.13. The van der Waals surface area contributed by atoms with Gasteiger partial charge in [-0.1, -0.05) is 11.6 Å². The monoisotopic (exact) mass is 243 g/mol. The van der Waals surface area contributed by atoms with Crippen LogP contribution in [0.25, 0.3) is 0 Å². The van der Waals surface area contributed by atoms with Crippen LogP contribution in [0.2, 0.25) is 5.02 Å². The van der Waals surface area contributed by atoms with Gasteiger partial charge in [0.1, 0.15) is 5.75 Å². The molecule has 88 valence electrons. The second kappa shape index (κ2) is 4.80. The van der Waals surface area contributed by atoms with Crippen LogP contribution in [0.5, 0.6) is 17.2 Å². The fourth-order valence-electron chi connectivity index (χ4n) is 1.71. The van der Waals surface area contributed by atoms with Crippen LogP contribution in [0.1, 0.15) is 12.0 Å². The van der Waals surface area contributed by atoms with E-state index in [4.69, 9.17) is 26.8 Å². The molecular formula is C11H14ClNO3. The van der Waals surface area contributed by atoms with Crippen molar-refractivity contribution < 1.29 is 14.6 Å². The fourth-order valence-corrected chi connectivity index (χ4v) is 1.92. The number of hydrogen-bond donors (Lipinski definition) is 2. The summed E-state index contributed by atoms with van der Waals surface area (Å²) in [5.74, 6) is 1.20. The Morgan fingerprint density at radius 2 is 2.12 bits per heavy atom. The molecule has 2 rings (SSSR count). The first-order chi connectivity index (χ1) is 7.74. The Labute approximate surface area is 98.9 Å². The minimum Gasteiger partial charge on any atom is -0.506 e. The molecule has 0 bridgehead atoms. The Balaban J connectivity index is 2.51. The predicted molar refractivity (Wildman–Crippen MR) is 61.5 cm³/mol. The number of ether oxygens (including phenoxy) is 2. The molecule has 1 aromatic carbocycles. The molecule has 0 aromatic heterocycles. The quantitative estimate of drug-likeness (QED) is 0.830. The van der Waals surface area contributed by atoms with Gasteiger partial charge in [-0.3, -0.25) is 0 Å². The molecule has 1 aromatic rings. The largest absolute Gasteiger partial charge is 0.506 e. The van der Waals surface area contributed by atoms with Crippen molar-refractivity contribution in [1.29, 1.82) is 0 Å². The van der Waals surface area contributed by atoms with E-state index in [0.717, 1.165) is 6.42 Å². The molecule has 0 aliphatic carbocycles. The third-order valence-electron chi connectivity index (χ3n) is 2.45. The molecule has 0 amide bonds. The maximum atomic E-state index is 9.85. The number of halogens is 1. The van der Waals surface area contributed by atoms with Crippen LogP contribution < -0.4 is 15.2 Å². The molecule has 0 radical (unpaired) electrons. The highest BCUT2D eigenvalue weighted by atomic mass is 35.5. The second-order valence-corrected chi connectivity index (χ2v) is 4.01. The zero-order valence-electron chi connectivity index (χ0n) is 8.83. The third-order valence-corrected chi connectivity index (χ3v) is 2.74. The van der Waals surface area contributed by atoms with Crippen molar-refractivity contribution in [3.63, 3.8) is 0 Å². The van der Waals surface area contributed by atoms with Crippen LogP contribution in [0.15, 0.2) is 6.07 Å². The maximum Gasteiger partial charge on any atom is 0.168 e. The third kappa shape index (κ3) is 2.03. The molecule has 0 atom stereocenters. The van der Waals surface area contributed by atoms with Crippen molar-refractivity contribution in [2.45, 2.75) is 12.8 Å². The number of aromatic hydroxyl groups is 1. The van der Waals surface area contributed by atoms with Crippen molar-refractivity contribution in [1.82, 2.24) is 0 Å². The summed E-state index contributed by atoms with van der Waals surface area (Å²) < 4.78 is 11.1. The topological polar surface area (TPSA) is 64.7 Å². The van der Waals surface area contributed by atoms with Gasteiger partial charge in [0.15, 0.2) is 11.5 Å². The van der Waals surface area contributed by atoms with Gasteiger partial charge >= 0.3 is 0 Å². The smallest absolute Gasteiger partial charge is 0.168 e. The van der Waals surface area contributed by atoms with Crippen LogP contribution in [0.3, 0.4) is 0 Å². The number of fused-ring (bicyclic) bond motifs is 1. The zero-order valence-corrected chi connectivity index (χ0v) is 9.59. The van der Waals surface area contributed by atoms with Gasteiger partial charge < -0.3 is 20.3 Å². The number of phenols is 1. The van der Waals surface area contributed by atoms with E-state index >= 15 is 0 Å². The molecule has 0 unspecified atom stereocenters. The van der Waals surface area contributed by atoms with E-state index in [9.17, 15) is 5.11 Å². The molecule has 4 nitrogen and oxygen atoms in total. The SMILES string of the molecule is NCCc1c(O)c(Cl)cc2c1OCCCO2. The fraction of sp³-hybridized carbons (Fsp3) is 0.455. The Bertz CT molecular complexity index is 395. The molecule has 1 aliphatic rings. The van der Waals surface area contributed by atoms with Crippen molar-refractivity contribution in [3.05, 3.63) is 16.7 Å². The van der Waals surface area contributed by atoms with Gasteiger partial charge in [0.25, 0.3) is 0 Å². The summed E-state index contributed by atoms with van der Waals surface area (Å²) >= 11 is 5.91. The van der Waals surface area contributed by atoms with Gasteiger partial charge in [-0.15, -0.1) is 0 Å². The van der Waals surface area contributed by atoms with E-state index in [1.54, 1.807) is 6.07 Å². The molecular weight excluding hydrogens is 230 g/mol. The van der Waals surface area contributed by atoms with Crippen LogP contribution in [-0.4, -0.2) is 24.9 Å². The minimum atomic E-state index is 0.0383. The molecule has 0 spiro atoms. The van der Waals surface area contributed by atoms with Crippen molar-refractivity contribution >= 4 is 11.6 Å². The normalized spacial score (nSPS) is 14.6. The van der Waals surface area contributed by atoms with E-state index in [-0.39, 0.29) is 10.8 Å². The lowest BCUT2D eigenvalue weighted by Crippen LogP contribution is -2.06. The number of hydrogen-bond acceptors (Lipinski definition) is 4. The Hall–Kier alpha value is -1.13. The Morgan fingerprint density at radius 1 is 1.38 bits per heavy atom. The van der Waals surface area contributed by atoms with Crippen LogP contribution in [0, 0.1) is 0 Å². The molecule has 0 fully saturated rings. The lowest BCUT2D eigenvalue weighted by Gasteiger charge is -2.14. The molecule has 1 heterocycles. The summed E-state index contributed by atoms with van der Waals surface area (Å²) in [4.78, 5) is 0. The van der Waals surface area contributed by atoms with E-state index in [1.165, 1.54) is 0 Å². The van der Waals surface area contributed by atoms with Crippen molar-refractivity contribution in [2.24, 2.45) is 5.73 Å². The summed E-state index contributed by atoms with van der Waals surface area (Å²) in [6, 6.07) is 1.58. The van der Waals surface area contributed by atoms with Gasteiger partial charge in [0.05, 0.1) is 18.2 Å². The Kier molecular flexibility index (Phi) is 3.41. The second-order valence-electron chi connectivity index (χ2n) is 3.60. The molecule has 3 N–H and O–H groups in total. The lowest BCUT2D eigenvalue weighted by molar-refractivity contribution is 0.295. The Morgan fingerprint density at radius 3 is 2.88 bits per heavy atom. The number of phenolic OH excluding ortho intramolecular Hbond substituents is 1. The van der Waals surface area contributed by atoms with Gasteiger partial charge in [0, 0.05) is 18.1 Å². The summed E-state index contributed by atoms with van der Waals surface area (Å²) in [6.07, 6.45) is 1.33. The highest BCUT2D eigenvalue weighted by Crippen LogP contribution is 2.43. The van der Waals surface area contributed by atoms with E-state index in [1.807, 2.05) is 0 Å².